The molecule has 1 heterocycles. The highest BCUT2D eigenvalue weighted by Crippen LogP contribution is 2.66. The second kappa shape index (κ2) is 10.8. The molecule has 2 radical (unpaired) electrons. The Morgan fingerprint density at radius 3 is 2.35 bits per heavy atom. The summed E-state index contributed by atoms with van der Waals surface area (Å²) in [7, 11) is -7.55. The molecule has 0 aliphatic carbocycles. The zero-order valence-corrected chi connectivity index (χ0v) is 17.7. The minimum atomic E-state index is -5.55. The highest BCUT2D eigenvalue weighted by Gasteiger charge is 2.42. The molecule has 5 atom stereocenters. The van der Waals surface area contributed by atoms with E-state index >= 15 is 0 Å². The molecule has 12 nitrogen and oxygen atoms in total. The molecular weight excluding hydrogens is 456 g/mol. The van der Waals surface area contributed by atoms with Crippen molar-refractivity contribution in [3.8, 4) is 0 Å². The van der Waals surface area contributed by atoms with Crippen LogP contribution in [0.2, 0.25) is 0 Å². The van der Waals surface area contributed by atoms with Crippen molar-refractivity contribution in [2.24, 2.45) is 0 Å². The Morgan fingerprint density at radius 2 is 1.77 bits per heavy atom. The van der Waals surface area contributed by atoms with Gasteiger partial charge in [-0.1, -0.05) is 28.5 Å². The van der Waals surface area contributed by atoms with Crippen molar-refractivity contribution in [1.82, 2.24) is 0 Å². The van der Waals surface area contributed by atoms with Gasteiger partial charge in [-0.3, -0.25) is 4.52 Å². The lowest BCUT2D eigenvalue weighted by molar-refractivity contribution is -0.0237. The van der Waals surface area contributed by atoms with Gasteiger partial charge < -0.3 is 29.0 Å². The smallest absolute Gasteiger partial charge is 0.380 e. The fourth-order valence-corrected chi connectivity index (χ4v) is 6.14. The number of ether oxygens (including phenoxy) is 2. The molecular formula is C8H18BO12P3S2. The molecule has 0 bridgehead atoms. The lowest BCUT2D eigenvalue weighted by atomic mass is 9.96. The van der Waals surface area contributed by atoms with Crippen LogP contribution < -0.4 is 0 Å². The molecule has 0 saturated carbocycles. The second-order valence-electron chi connectivity index (χ2n) is 4.68. The molecule has 1 saturated heterocycles. The Hall–Kier alpha value is 1.09. The van der Waals surface area contributed by atoms with Crippen LogP contribution in [0.4, 0.5) is 0 Å². The first-order chi connectivity index (χ1) is 11.8. The summed E-state index contributed by atoms with van der Waals surface area (Å²) in [5.41, 5.74) is 0. The standard InChI is InChI=1S/C8H18BO12P3S2/c1-2-25-26-5-17-6-3-8(9)19-7(6)4-18-23(13,14)21-24(15,16)20-22(10,11)12/h6-8H,2-5H2,1H3,(H,13,14)(H,15,16)(H2,10,11,12)/t6-,7-,8-/m1/s1. The summed E-state index contributed by atoms with van der Waals surface area (Å²) in [6.45, 7) is 1.38. The van der Waals surface area contributed by atoms with Gasteiger partial charge in [0.25, 0.3) is 0 Å². The number of phosphoric ester groups is 1. The van der Waals surface area contributed by atoms with E-state index in [1.807, 2.05) is 6.92 Å². The van der Waals surface area contributed by atoms with Gasteiger partial charge in [-0.2, -0.15) is 8.62 Å². The summed E-state index contributed by atoms with van der Waals surface area (Å²) in [4.78, 5) is 35.4. The number of rotatable bonds is 12. The highest BCUT2D eigenvalue weighted by molar-refractivity contribution is 8.76. The molecule has 18 heteroatoms. The first-order valence-electron chi connectivity index (χ1n) is 6.89. The first-order valence-corrected chi connectivity index (χ1v) is 13.9. The number of phosphoric acid groups is 3. The van der Waals surface area contributed by atoms with Gasteiger partial charge in [0.1, 0.15) is 19.9 Å². The molecule has 1 aliphatic rings. The molecule has 4 N–H and O–H groups in total. The van der Waals surface area contributed by atoms with Crippen LogP contribution in [0, 0.1) is 0 Å². The Bertz CT molecular complexity index is 589. The molecule has 1 rings (SSSR count). The van der Waals surface area contributed by atoms with E-state index in [1.165, 1.54) is 10.8 Å². The van der Waals surface area contributed by atoms with Crippen molar-refractivity contribution in [2.45, 2.75) is 31.6 Å². The average molecular weight is 474 g/mol. The van der Waals surface area contributed by atoms with Crippen LogP contribution >= 0.6 is 45.1 Å². The molecule has 0 aromatic heterocycles. The SMILES string of the molecule is [B][C@H]1C[C@@H](OCSSCC)[C@@H](COP(=O)(O)OP(=O)(O)OP(=O)(O)O)O1. The van der Waals surface area contributed by atoms with E-state index in [0.29, 0.717) is 12.4 Å². The lowest BCUT2D eigenvalue weighted by Gasteiger charge is -2.21. The molecule has 2 unspecified atom stereocenters. The van der Waals surface area contributed by atoms with Gasteiger partial charge >= 0.3 is 23.5 Å². The largest absolute Gasteiger partial charge is 0.490 e. The van der Waals surface area contributed by atoms with Crippen LogP contribution in [0.25, 0.3) is 0 Å². The summed E-state index contributed by atoms with van der Waals surface area (Å²) in [6.07, 6.45) is -1.12. The summed E-state index contributed by atoms with van der Waals surface area (Å²) >= 11 is 0. The van der Waals surface area contributed by atoms with Gasteiger partial charge in [-0.15, -0.1) is 0 Å². The Labute approximate surface area is 158 Å². The lowest BCUT2D eigenvalue weighted by Crippen LogP contribution is -2.29. The predicted molar refractivity (Wildman–Crippen MR) is 94.3 cm³/mol. The van der Waals surface area contributed by atoms with E-state index in [1.54, 1.807) is 10.8 Å². The van der Waals surface area contributed by atoms with Crippen molar-refractivity contribution in [1.29, 1.82) is 0 Å². The van der Waals surface area contributed by atoms with Crippen molar-refractivity contribution >= 4 is 52.9 Å². The zero-order chi connectivity index (χ0) is 20.0. The summed E-state index contributed by atoms with van der Waals surface area (Å²) in [6, 6.07) is -0.696. The average Bonchev–Trinajstić information content (AvgIpc) is 2.78. The van der Waals surface area contributed by atoms with Crippen LogP contribution in [-0.2, 0) is 36.3 Å². The van der Waals surface area contributed by atoms with Gasteiger partial charge in [-0.25, -0.2) is 13.7 Å². The molecule has 0 aromatic carbocycles. The molecule has 0 spiro atoms. The van der Waals surface area contributed by atoms with Crippen molar-refractivity contribution in [3.63, 3.8) is 0 Å². The summed E-state index contributed by atoms with van der Waals surface area (Å²) < 4.78 is 56.0. The molecule has 0 aromatic rings. The van der Waals surface area contributed by atoms with Gasteiger partial charge in [0.15, 0.2) is 0 Å². The summed E-state index contributed by atoms with van der Waals surface area (Å²) in [5, 5.41) is 0. The van der Waals surface area contributed by atoms with E-state index in [9.17, 15) is 18.6 Å². The van der Waals surface area contributed by atoms with Gasteiger partial charge in [-0.05, 0) is 6.42 Å². The maximum Gasteiger partial charge on any atom is 0.490 e. The first kappa shape index (κ1) is 25.1. The van der Waals surface area contributed by atoms with Crippen LogP contribution in [0.15, 0.2) is 0 Å². The minimum Gasteiger partial charge on any atom is -0.380 e. The fraction of sp³-hybridized carbons (Fsp3) is 1.00. The minimum absolute atomic E-state index is 0.293. The molecule has 152 valence electrons. The number of hydrogen-bond donors (Lipinski definition) is 4. The van der Waals surface area contributed by atoms with Crippen LogP contribution in [0.1, 0.15) is 13.3 Å². The zero-order valence-electron chi connectivity index (χ0n) is 13.4. The van der Waals surface area contributed by atoms with Crippen molar-refractivity contribution in [3.05, 3.63) is 0 Å². The highest BCUT2D eigenvalue weighted by atomic mass is 33.1. The van der Waals surface area contributed by atoms with E-state index in [-0.39, 0.29) is 0 Å². The Balaban J connectivity index is 2.54. The summed E-state index contributed by atoms with van der Waals surface area (Å²) in [5.74, 6) is 1.19. The van der Waals surface area contributed by atoms with Gasteiger partial charge in [0.05, 0.1) is 12.7 Å². The van der Waals surface area contributed by atoms with E-state index in [2.05, 4.69) is 13.1 Å². The quantitative estimate of drug-likeness (QED) is 0.105. The van der Waals surface area contributed by atoms with E-state index in [4.69, 9.17) is 32.0 Å². The van der Waals surface area contributed by atoms with Crippen LogP contribution in [-0.4, -0.2) is 63.9 Å². The molecule has 1 fully saturated rings. The van der Waals surface area contributed by atoms with Crippen LogP contribution in [0.5, 0.6) is 0 Å². The van der Waals surface area contributed by atoms with Gasteiger partial charge in [0.2, 0.25) is 0 Å². The van der Waals surface area contributed by atoms with Crippen molar-refractivity contribution in [2.75, 3.05) is 18.3 Å². The monoisotopic (exact) mass is 474 g/mol. The maximum atomic E-state index is 11.7. The van der Waals surface area contributed by atoms with Gasteiger partial charge in [0, 0.05) is 11.8 Å². The predicted octanol–water partition coefficient (Wildman–Crippen LogP) is 1.36. The van der Waals surface area contributed by atoms with Crippen molar-refractivity contribution < 1.29 is 55.9 Å². The number of hydrogen-bond acceptors (Lipinski definition) is 10. The third-order valence-electron chi connectivity index (χ3n) is 2.58. The molecule has 0 amide bonds. The third kappa shape index (κ3) is 10.6. The van der Waals surface area contributed by atoms with E-state index < -0.39 is 48.3 Å². The maximum absolute atomic E-state index is 11.7. The van der Waals surface area contributed by atoms with E-state index in [0.717, 1.165) is 5.75 Å². The topological polar surface area (TPSA) is 178 Å². The third-order valence-corrected chi connectivity index (χ3v) is 8.51. The molecule has 26 heavy (non-hydrogen) atoms. The fourth-order valence-electron chi connectivity index (χ4n) is 1.77. The Kier molecular flexibility index (Phi) is 10.4. The molecule has 1 aliphatic heterocycles. The second-order valence-corrected chi connectivity index (χ2v) is 11.8. The van der Waals surface area contributed by atoms with Crippen LogP contribution in [0.3, 0.4) is 0 Å². The Morgan fingerprint density at radius 1 is 1.12 bits per heavy atom. The normalized spacial score (nSPS) is 28.6.